The van der Waals surface area contributed by atoms with E-state index in [-0.39, 0.29) is 17.8 Å². The molecule has 0 atom stereocenters. The molecule has 0 unspecified atom stereocenters. The molecule has 5 aromatic rings. The molecule has 0 aliphatic carbocycles. The van der Waals surface area contributed by atoms with Crippen LogP contribution in [-0.2, 0) is 13.1 Å². The van der Waals surface area contributed by atoms with Gasteiger partial charge in [-0.1, -0.05) is 23.7 Å². The second-order valence-corrected chi connectivity index (χ2v) is 10.0. The van der Waals surface area contributed by atoms with Gasteiger partial charge in [0, 0.05) is 40.1 Å². The zero-order chi connectivity index (χ0) is 25.5. The third kappa shape index (κ3) is 4.46. The molecule has 0 bridgehead atoms. The van der Waals surface area contributed by atoms with Gasteiger partial charge in [-0.15, -0.1) is 11.3 Å². The molecule has 0 saturated heterocycles. The average molecular weight is 533 g/mol. The number of rotatable bonds is 5. The number of anilines is 2. The Kier molecular flexibility index (Phi) is 6.11. The molecule has 2 N–H and O–H groups in total. The van der Waals surface area contributed by atoms with Crippen molar-refractivity contribution in [2.45, 2.75) is 13.1 Å². The topological polar surface area (TPSA) is 75.1 Å². The maximum atomic E-state index is 14.8. The quantitative estimate of drug-likeness (QED) is 0.270. The minimum Gasteiger partial charge on any atom is -0.324 e. The van der Waals surface area contributed by atoms with Crippen molar-refractivity contribution in [3.63, 3.8) is 0 Å². The van der Waals surface area contributed by atoms with Gasteiger partial charge in [0.05, 0.1) is 33.7 Å². The van der Waals surface area contributed by atoms with Crippen molar-refractivity contribution < 1.29 is 8.78 Å². The monoisotopic (exact) mass is 532 g/mol. The van der Waals surface area contributed by atoms with Crippen LogP contribution in [0.5, 0.6) is 0 Å². The molecule has 10 heteroatoms. The molecule has 3 heterocycles. The molecule has 6 rings (SSSR count). The molecule has 0 saturated carbocycles. The van der Waals surface area contributed by atoms with Crippen LogP contribution < -0.4 is 10.6 Å². The normalized spacial score (nSPS) is 12.6. The largest absolute Gasteiger partial charge is 0.324 e. The van der Waals surface area contributed by atoms with Gasteiger partial charge in [0.25, 0.3) is 0 Å². The van der Waals surface area contributed by atoms with Crippen molar-refractivity contribution in [3.05, 3.63) is 99.1 Å². The second-order valence-electron chi connectivity index (χ2n) is 8.46. The summed E-state index contributed by atoms with van der Waals surface area (Å²) in [5, 5.41) is 7.82. The Balaban J connectivity index is 1.41. The van der Waals surface area contributed by atoms with Crippen LogP contribution in [0.3, 0.4) is 0 Å². The van der Waals surface area contributed by atoms with Crippen molar-refractivity contribution in [1.82, 2.24) is 20.3 Å². The fraction of sp³-hybridized carbons (Fsp3) is 0.111. The number of benzene rings is 3. The minimum atomic E-state index is -0.694. The Morgan fingerprint density at radius 1 is 1.00 bits per heavy atom. The lowest BCUT2D eigenvalue weighted by Gasteiger charge is -2.13. The standard InChI is InChI=1S/C27H19ClF2N6S/c1-31-13-23-35-21-8-6-16(10-22(21)37-23)34-27-33-12-14-11-32-26(24-19(29)3-2-4-20(24)30)18-9-15(28)5-7-17(18)25(14)36-27/h2-10,12,31H,11,13H2,1H3,(H,33,34,36). The van der Waals surface area contributed by atoms with Gasteiger partial charge in [-0.25, -0.2) is 23.7 Å². The fourth-order valence-electron chi connectivity index (χ4n) is 4.33. The SMILES string of the molecule is CNCc1nc2ccc(Nc3ncc4c(n3)-c3ccc(Cl)cc3C(c3c(F)cccc3F)=NC4)cc2s1. The van der Waals surface area contributed by atoms with E-state index in [1.165, 1.54) is 18.2 Å². The Morgan fingerprint density at radius 2 is 1.84 bits per heavy atom. The average Bonchev–Trinajstić information content (AvgIpc) is 3.21. The van der Waals surface area contributed by atoms with Crippen molar-refractivity contribution >= 4 is 50.5 Å². The Hall–Kier alpha value is -3.79. The van der Waals surface area contributed by atoms with E-state index in [0.717, 1.165) is 26.5 Å². The lowest BCUT2D eigenvalue weighted by molar-refractivity contribution is 0.579. The molecule has 0 radical (unpaired) electrons. The van der Waals surface area contributed by atoms with E-state index in [9.17, 15) is 8.78 Å². The molecule has 6 nitrogen and oxygen atoms in total. The molecule has 2 aromatic heterocycles. The summed E-state index contributed by atoms with van der Waals surface area (Å²) in [6.07, 6.45) is 1.68. The van der Waals surface area contributed by atoms with E-state index in [1.807, 2.05) is 25.2 Å². The highest BCUT2D eigenvalue weighted by Gasteiger charge is 2.25. The van der Waals surface area contributed by atoms with Crippen LogP contribution in [0.25, 0.3) is 21.5 Å². The lowest BCUT2D eigenvalue weighted by Crippen LogP contribution is -2.10. The second kappa shape index (κ2) is 9.59. The molecular formula is C27H19ClF2N6S. The molecular weight excluding hydrogens is 514 g/mol. The third-order valence-corrected chi connectivity index (χ3v) is 7.23. The molecule has 1 aliphatic heterocycles. The summed E-state index contributed by atoms with van der Waals surface area (Å²) in [7, 11) is 1.89. The van der Waals surface area contributed by atoms with Crippen molar-refractivity contribution in [2.24, 2.45) is 4.99 Å². The van der Waals surface area contributed by atoms with Crippen molar-refractivity contribution in [1.29, 1.82) is 0 Å². The molecule has 37 heavy (non-hydrogen) atoms. The summed E-state index contributed by atoms with van der Waals surface area (Å²) in [5.41, 5.74) is 4.27. The zero-order valence-corrected chi connectivity index (χ0v) is 21.1. The highest BCUT2D eigenvalue weighted by molar-refractivity contribution is 7.18. The minimum absolute atomic E-state index is 0.159. The van der Waals surface area contributed by atoms with Crippen LogP contribution in [-0.4, -0.2) is 27.7 Å². The highest BCUT2D eigenvalue weighted by atomic mass is 35.5. The number of fused-ring (bicyclic) bond motifs is 4. The van der Waals surface area contributed by atoms with Gasteiger partial charge < -0.3 is 10.6 Å². The molecule has 3 aromatic carbocycles. The van der Waals surface area contributed by atoms with Crippen LogP contribution in [0.15, 0.2) is 65.8 Å². The highest BCUT2D eigenvalue weighted by Crippen LogP contribution is 2.35. The predicted octanol–water partition coefficient (Wildman–Crippen LogP) is 6.50. The van der Waals surface area contributed by atoms with Crippen LogP contribution in [0.1, 0.15) is 21.7 Å². The number of thiazole rings is 1. The molecule has 0 spiro atoms. The van der Waals surface area contributed by atoms with Gasteiger partial charge in [-0.3, -0.25) is 4.99 Å². The fourth-order valence-corrected chi connectivity index (χ4v) is 5.52. The maximum absolute atomic E-state index is 14.8. The number of aliphatic imine (C=N–C) groups is 1. The van der Waals surface area contributed by atoms with Gasteiger partial charge >= 0.3 is 0 Å². The summed E-state index contributed by atoms with van der Waals surface area (Å²) in [6.45, 7) is 0.867. The third-order valence-electron chi connectivity index (χ3n) is 5.98. The number of halogens is 3. The summed E-state index contributed by atoms with van der Waals surface area (Å²) in [4.78, 5) is 18.4. The predicted molar refractivity (Wildman–Crippen MR) is 144 cm³/mol. The Labute approximate surface area is 220 Å². The lowest BCUT2D eigenvalue weighted by atomic mass is 9.95. The summed E-state index contributed by atoms with van der Waals surface area (Å²) >= 11 is 7.92. The van der Waals surface area contributed by atoms with Crippen LogP contribution in [0, 0.1) is 11.6 Å². The van der Waals surface area contributed by atoms with E-state index >= 15 is 0 Å². The van der Waals surface area contributed by atoms with Gasteiger partial charge in [0.2, 0.25) is 5.95 Å². The van der Waals surface area contributed by atoms with Crippen LogP contribution in [0.2, 0.25) is 5.02 Å². The van der Waals surface area contributed by atoms with Crippen molar-refractivity contribution in [2.75, 3.05) is 12.4 Å². The number of nitrogens with one attached hydrogen (secondary N) is 2. The molecule has 1 aliphatic rings. The first-order chi connectivity index (χ1) is 18.0. The van der Waals surface area contributed by atoms with Gasteiger partial charge in [-0.2, -0.15) is 0 Å². The summed E-state index contributed by atoms with van der Waals surface area (Å²) in [6, 6.07) is 14.8. The molecule has 0 fully saturated rings. The van der Waals surface area contributed by atoms with Gasteiger partial charge in [-0.05, 0) is 49.5 Å². The van der Waals surface area contributed by atoms with Gasteiger partial charge in [0.15, 0.2) is 0 Å². The smallest absolute Gasteiger partial charge is 0.227 e. The number of hydrogen-bond donors (Lipinski definition) is 2. The summed E-state index contributed by atoms with van der Waals surface area (Å²) in [5.74, 6) is -1.000. The Morgan fingerprint density at radius 3 is 2.65 bits per heavy atom. The number of aromatic nitrogens is 3. The van der Waals surface area contributed by atoms with E-state index in [4.69, 9.17) is 16.6 Å². The van der Waals surface area contributed by atoms with E-state index in [0.29, 0.717) is 34.3 Å². The molecule has 0 amide bonds. The van der Waals surface area contributed by atoms with E-state index in [1.54, 1.807) is 35.7 Å². The van der Waals surface area contributed by atoms with E-state index < -0.39 is 11.6 Å². The van der Waals surface area contributed by atoms with Crippen molar-refractivity contribution in [3.8, 4) is 11.3 Å². The number of hydrogen-bond acceptors (Lipinski definition) is 7. The first-order valence-corrected chi connectivity index (χ1v) is 12.7. The van der Waals surface area contributed by atoms with E-state index in [2.05, 4.69) is 25.6 Å². The number of nitrogens with zero attached hydrogens (tertiary/aromatic N) is 4. The first kappa shape index (κ1) is 23.6. The summed E-state index contributed by atoms with van der Waals surface area (Å²) < 4.78 is 30.6. The first-order valence-electron chi connectivity index (χ1n) is 11.5. The Bertz CT molecular complexity index is 1680. The molecule has 184 valence electrons. The van der Waals surface area contributed by atoms with Crippen LogP contribution in [0.4, 0.5) is 20.4 Å². The maximum Gasteiger partial charge on any atom is 0.227 e. The van der Waals surface area contributed by atoms with Crippen LogP contribution >= 0.6 is 22.9 Å². The van der Waals surface area contributed by atoms with Gasteiger partial charge in [0.1, 0.15) is 16.6 Å². The zero-order valence-electron chi connectivity index (χ0n) is 19.5.